The number of benzene rings is 1. The third-order valence-corrected chi connectivity index (χ3v) is 4.42. The Balaban J connectivity index is 1.69. The average Bonchev–Trinajstić information content (AvgIpc) is 2.75. The first-order valence-electron chi connectivity index (χ1n) is 6.19. The summed E-state index contributed by atoms with van der Waals surface area (Å²) in [5.74, 6) is 0.984. The largest absolute Gasteiger partial charge is 0.345 e. The van der Waals surface area contributed by atoms with Gasteiger partial charge in [0.2, 0.25) is 0 Å². The third kappa shape index (κ3) is 2.23. The first-order chi connectivity index (χ1) is 8.84. The third-order valence-electron chi connectivity index (χ3n) is 3.31. The Kier molecular flexibility index (Phi) is 3.24. The van der Waals surface area contributed by atoms with E-state index in [2.05, 4.69) is 60.5 Å². The van der Waals surface area contributed by atoms with Crippen molar-refractivity contribution in [3.8, 4) is 0 Å². The Morgan fingerprint density at radius 3 is 2.94 bits per heavy atom. The summed E-state index contributed by atoms with van der Waals surface area (Å²) in [7, 11) is 2.14. The summed E-state index contributed by atoms with van der Waals surface area (Å²) in [5, 5.41) is 1.14. The number of hydrogen-bond acceptors (Lipinski definition) is 3. The highest BCUT2D eigenvalue weighted by Crippen LogP contribution is 2.30. The van der Waals surface area contributed by atoms with Crippen LogP contribution < -0.4 is 0 Å². The van der Waals surface area contributed by atoms with E-state index in [9.17, 15) is 0 Å². The lowest BCUT2D eigenvalue weighted by atomic mass is 10.1. The van der Waals surface area contributed by atoms with Gasteiger partial charge in [-0.3, -0.25) is 0 Å². The maximum atomic E-state index is 4.72. The van der Waals surface area contributed by atoms with Gasteiger partial charge in [0, 0.05) is 12.8 Å². The predicted octanol–water partition coefficient (Wildman–Crippen LogP) is 3.43. The molecule has 2 aliphatic rings. The monoisotopic (exact) mass is 256 g/mol. The second kappa shape index (κ2) is 5.02. The van der Waals surface area contributed by atoms with Gasteiger partial charge in [0.25, 0.3) is 0 Å². The molecule has 1 atom stereocenters. The highest BCUT2D eigenvalue weighted by atomic mass is 32.2. The lowest BCUT2D eigenvalue weighted by molar-refractivity contribution is 0.439. The van der Waals surface area contributed by atoms with Gasteiger partial charge >= 0.3 is 0 Å². The van der Waals surface area contributed by atoms with Crippen molar-refractivity contribution in [3.63, 3.8) is 0 Å². The topological polar surface area (TPSA) is 15.6 Å². The van der Waals surface area contributed by atoms with Crippen LogP contribution in [0.25, 0.3) is 0 Å². The zero-order valence-corrected chi connectivity index (χ0v) is 11.2. The van der Waals surface area contributed by atoms with Crippen LogP contribution in [0.5, 0.6) is 0 Å². The van der Waals surface area contributed by atoms with Crippen molar-refractivity contribution in [2.45, 2.75) is 18.2 Å². The fourth-order valence-electron chi connectivity index (χ4n) is 2.25. The molecule has 1 heterocycles. The van der Waals surface area contributed by atoms with Crippen molar-refractivity contribution in [2.75, 3.05) is 7.05 Å². The summed E-state index contributed by atoms with van der Waals surface area (Å²) >= 11 is 1.82. The van der Waals surface area contributed by atoms with E-state index in [0.717, 1.165) is 17.3 Å². The van der Waals surface area contributed by atoms with Crippen LogP contribution in [0.15, 0.2) is 59.2 Å². The van der Waals surface area contributed by atoms with Crippen LogP contribution in [0.2, 0.25) is 0 Å². The van der Waals surface area contributed by atoms with Crippen LogP contribution in [0.1, 0.15) is 12.0 Å². The number of likely N-dealkylation sites (N-methyl/N-ethyl adjacent to an activating group) is 1. The minimum absolute atomic E-state index is 0.452. The van der Waals surface area contributed by atoms with E-state index in [1.165, 1.54) is 11.3 Å². The van der Waals surface area contributed by atoms with Gasteiger partial charge in [-0.05, 0) is 18.1 Å². The van der Waals surface area contributed by atoms with Crippen LogP contribution in [0.3, 0.4) is 0 Å². The number of aliphatic imine (C=N–C) groups is 1. The molecule has 2 nitrogen and oxygen atoms in total. The summed E-state index contributed by atoms with van der Waals surface area (Å²) in [4.78, 5) is 7.02. The molecule has 0 radical (unpaired) electrons. The summed E-state index contributed by atoms with van der Waals surface area (Å²) in [6.45, 7) is 0. The lowest BCUT2D eigenvalue weighted by Gasteiger charge is -2.23. The van der Waals surface area contributed by atoms with Gasteiger partial charge in [-0.2, -0.15) is 0 Å². The van der Waals surface area contributed by atoms with Crippen LogP contribution in [0, 0.1) is 0 Å². The summed E-state index contributed by atoms with van der Waals surface area (Å²) in [6.07, 6.45) is 7.51. The zero-order chi connectivity index (χ0) is 12.4. The first kappa shape index (κ1) is 11.6. The summed E-state index contributed by atoms with van der Waals surface area (Å²) < 4.78 is 0. The second-order valence-electron chi connectivity index (χ2n) is 4.55. The van der Waals surface area contributed by atoms with E-state index < -0.39 is 0 Å². The molecule has 18 heavy (non-hydrogen) atoms. The highest BCUT2D eigenvalue weighted by Gasteiger charge is 2.29. The number of hydrogen-bond donors (Lipinski definition) is 0. The SMILES string of the molecule is CN1C(SCc2ccccc2)=NC2=CC=CCC21. The number of rotatable bonds is 2. The summed E-state index contributed by atoms with van der Waals surface area (Å²) in [6, 6.07) is 11.0. The molecule has 1 aromatic rings. The number of thioether (sulfide) groups is 1. The number of amidine groups is 1. The molecule has 0 N–H and O–H groups in total. The minimum Gasteiger partial charge on any atom is -0.345 e. The molecular formula is C15H16N2S. The van der Waals surface area contributed by atoms with Crippen molar-refractivity contribution in [3.05, 3.63) is 59.8 Å². The van der Waals surface area contributed by atoms with Gasteiger partial charge in [0.05, 0.1) is 11.7 Å². The van der Waals surface area contributed by atoms with Crippen LogP contribution in [-0.2, 0) is 5.75 Å². The molecule has 0 fully saturated rings. The number of allylic oxidation sites excluding steroid dienone is 2. The van der Waals surface area contributed by atoms with Gasteiger partial charge in [-0.15, -0.1) is 0 Å². The molecular weight excluding hydrogens is 240 g/mol. The fourth-order valence-corrected chi connectivity index (χ4v) is 3.24. The van der Waals surface area contributed by atoms with E-state index in [1.54, 1.807) is 0 Å². The molecule has 0 saturated heterocycles. The van der Waals surface area contributed by atoms with Crippen molar-refractivity contribution in [1.82, 2.24) is 4.90 Å². The second-order valence-corrected chi connectivity index (χ2v) is 5.49. The van der Waals surface area contributed by atoms with Crippen molar-refractivity contribution < 1.29 is 0 Å². The molecule has 1 aliphatic heterocycles. The van der Waals surface area contributed by atoms with Gasteiger partial charge in [0.1, 0.15) is 0 Å². The lowest BCUT2D eigenvalue weighted by Crippen LogP contribution is -2.30. The molecule has 1 aliphatic carbocycles. The molecule has 92 valence electrons. The quantitative estimate of drug-likeness (QED) is 0.805. The van der Waals surface area contributed by atoms with E-state index in [-0.39, 0.29) is 0 Å². The molecule has 0 saturated carbocycles. The van der Waals surface area contributed by atoms with Crippen molar-refractivity contribution >= 4 is 16.9 Å². The van der Waals surface area contributed by atoms with Gasteiger partial charge in [-0.25, -0.2) is 4.99 Å². The van der Waals surface area contributed by atoms with E-state index in [1.807, 2.05) is 11.8 Å². The Morgan fingerprint density at radius 1 is 1.33 bits per heavy atom. The maximum Gasteiger partial charge on any atom is 0.164 e. The minimum atomic E-state index is 0.452. The smallest absolute Gasteiger partial charge is 0.164 e. The molecule has 1 unspecified atom stereocenters. The van der Waals surface area contributed by atoms with Crippen LogP contribution in [0.4, 0.5) is 0 Å². The van der Waals surface area contributed by atoms with Crippen LogP contribution >= 0.6 is 11.8 Å². The molecule has 0 spiro atoms. The summed E-state index contributed by atoms with van der Waals surface area (Å²) in [5.41, 5.74) is 2.55. The molecule has 0 aromatic heterocycles. The highest BCUT2D eigenvalue weighted by molar-refractivity contribution is 8.13. The fraction of sp³-hybridized carbons (Fsp3) is 0.267. The Bertz CT molecular complexity index is 517. The molecule has 0 bridgehead atoms. The standard InChI is InChI=1S/C15H16N2S/c1-17-14-10-6-5-9-13(14)16-15(17)18-11-12-7-3-2-4-8-12/h2-9,14H,10-11H2,1H3. The van der Waals surface area contributed by atoms with Crippen LogP contribution in [-0.4, -0.2) is 23.2 Å². The van der Waals surface area contributed by atoms with Crippen molar-refractivity contribution in [2.24, 2.45) is 4.99 Å². The first-order valence-corrected chi connectivity index (χ1v) is 7.18. The Labute approximate surface area is 112 Å². The number of nitrogens with zero attached hydrogens (tertiary/aromatic N) is 2. The molecule has 3 heteroatoms. The molecule has 0 amide bonds. The van der Waals surface area contributed by atoms with Gasteiger partial charge in [0.15, 0.2) is 5.17 Å². The van der Waals surface area contributed by atoms with E-state index >= 15 is 0 Å². The average molecular weight is 256 g/mol. The zero-order valence-electron chi connectivity index (χ0n) is 10.4. The van der Waals surface area contributed by atoms with Gasteiger partial charge < -0.3 is 4.90 Å². The normalized spacial score (nSPS) is 21.6. The van der Waals surface area contributed by atoms with E-state index in [0.29, 0.717) is 6.04 Å². The Hall–Kier alpha value is -1.48. The predicted molar refractivity (Wildman–Crippen MR) is 78.6 cm³/mol. The van der Waals surface area contributed by atoms with Crippen molar-refractivity contribution in [1.29, 1.82) is 0 Å². The number of fused-ring (bicyclic) bond motifs is 1. The molecule has 3 rings (SSSR count). The molecule has 1 aromatic carbocycles. The van der Waals surface area contributed by atoms with E-state index in [4.69, 9.17) is 4.99 Å². The van der Waals surface area contributed by atoms with Gasteiger partial charge in [-0.1, -0.05) is 54.2 Å². The Morgan fingerprint density at radius 2 is 2.17 bits per heavy atom. The maximum absolute atomic E-state index is 4.72.